The lowest BCUT2D eigenvalue weighted by atomic mass is 9.95. The number of thiazole rings is 1. The van der Waals surface area contributed by atoms with Crippen molar-refractivity contribution in [3.8, 4) is 16.2 Å². The van der Waals surface area contributed by atoms with Gasteiger partial charge in [-0.15, -0.1) is 0 Å². The van der Waals surface area contributed by atoms with E-state index in [0.29, 0.717) is 22.9 Å². The summed E-state index contributed by atoms with van der Waals surface area (Å²) in [5, 5.41) is 3.76. The second-order valence-corrected chi connectivity index (χ2v) is 7.70. The van der Waals surface area contributed by atoms with E-state index < -0.39 is 18.6 Å². The Labute approximate surface area is 174 Å². The third kappa shape index (κ3) is 4.23. The van der Waals surface area contributed by atoms with Crippen LogP contribution in [0.3, 0.4) is 0 Å². The number of halogens is 3. The maximum atomic E-state index is 12.8. The number of aromatic nitrogens is 2. The van der Waals surface area contributed by atoms with Crippen molar-refractivity contribution in [3.63, 3.8) is 0 Å². The Morgan fingerprint density at radius 1 is 1.27 bits per heavy atom. The molecule has 30 heavy (non-hydrogen) atoms. The molecule has 10 heteroatoms. The molecular formula is C20H17F3N4O2S. The highest BCUT2D eigenvalue weighted by Crippen LogP contribution is 2.37. The molecule has 0 saturated carbocycles. The minimum absolute atomic E-state index is 0.00707. The smallest absolute Gasteiger partial charge is 0.406 e. The van der Waals surface area contributed by atoms with Crippen molar-refractivity contribution >= 4 is 28.2 Å². The van der Waals surface area contributed by atoms with Gasteiger partial charge in [-0.1, -0.05) is 17.4 Å². The van der Waals surface area contributed by atoms with Crippen molar-refractivity contribution in [1.82, 2.24) is 14.9 Å². The summed E-state index contributed by atoms with van der Waals surface area (Å²) in [6, 6.07) is 8.97. The lowest BCUT2D eigenvalue weighted by Gasteiger charge is -2.30. The quantitative estimate of drug-likeness (QED) is 0.640. The fourth-order valence-electron chi connectivity index (χ4n) is 3.31. The van der Waals surface area contributed by atoms with Gasteiger partial charge in [0.25, 0.3) is 5.91 Å². The van der Waals surface area contributed by atoms with Gasteiger partial charge in [-0.05, 0) is 41.8 Å². The van der Waals surface area contributed by atoms with E-state index in [-0.39, 0.29) is 17.9 Å². The number of rotatable bonds is 5. The molecule has 1 aliphatic rings. The van der Waals surface area contributed by atoms with Crippen molar-refractivity contribution in [2.75, 3.05) is 25.5 Å². The number of methoxy groups -OCH3 is 1. The summed E-state index contributed by atoms with van der Waals surface area (Å²) in [6.45, 7) is -1.26. The predicted molar refractivity (Wildman–Crippen MR) is 107 cm³/mol. The zero-order valence-corrected chi connectivity index (χ0v) is 16.7. The Morgan fingerprint density at radius 2 is 2.10 bits per heavy atom. The number of fused-ring (bicyclic) bond motifs is 1. The number of alkyl halides is 3. The Balaban J connectivity index is 1.62. The van der Waals surface area contributed by atoms with Gasteiger partial charge < -0.3 is 15.0 Å². The molecule has 0 spiro atoms. The summed E-state index contributed by atoms with van der Waals surface area (Å²) in [5.41, 5.74) is 1.64. The maximum absolute atomic E-state index is 12.8. The van der Waals surface area contributed by atoms with Crippen molar-refractivity contribution in [2.24, 2.45) is 0 Å². The number of hydrogen-bond donors (Lipinski definition) is 1. The summed E-state index contributed by atoms with van der Waals surface area (Å²) in [7, 11) is 1.40. The van der Waals surface area contributed by atoms with Crippen LogP contribution in [0.25, 0.3) is 10.4 Å². The first-order valence-corrected chi connectivity index (χ1v) is 9.87. The van der Waals surface area contributed by atoms with Crippen LogP contribution in [0.5, 0.6) is 5.75 Å². The highest BCUT2D eigenvalue weighted by molar-refractivity contribution is 7.18. The Bertz CT molecular complexity index is 1050. The maximum Gasteiger partial charge on any atom is 0.406 e. The van der Waals surface area contributed by atoms with Crippen molar-refractivity contribution in [3.05, 3.63) is 53.9 Å². The van der Waals surface area contributed by atoms with Crippen LogP contribution < -0.4 is 10.1 Å². The van der Waals surface area contributed by atoms with Gasteiger partial charge in [0, 0.05) is 18.9 Å². The number of nitrogens with zero attached hydrogens (tertiary/aromatic N) is 3. The number of benzene rings is 1. The van der Waals surface area contributed by atoms with Gasteiger partial charge in [-0.3, -0.25) is 4.79 Å². The second kappa shape index (κ2) is 7.94. The monoisotopic (exact) mass is 434 g/mol. The van der Waals surface area contributed by atoms with E-state index in [4.69, 9.17) is 4.74 Å². The average molecular weight is 434 g/mol. The Hall–Kier alpha value is -3.14. The van der Waals surface area contributed by atoms with E-state index in [0.717, 1.165) is 15.3 Å². The van der Waals surface area contributed by atoms with Crippen molar-refractivity contribution in [2.45, 2.75) is 12.6 Å². The number of nitrogens with one attached hydrogen (secondary N) is 1. The third-order valence-electron chi connectivity index (χ3n) is 4.62. The number of ether oxygens (including phenoxy) is 1. The number of amides is 1. The molecule has 1 aromatic carbocycles. The molecule has 0 atom stereocenters. The second-order valence-electron chi connectivity index (χ2n) is 6.67. The molecule has 156 valence electrons. The highest BCUT2D eigenvalue weighted by Gasteiger charge is 2.37. The lowest BCUT2D eigenvalue weighted by molar-refractivity contribution is -0.141. The summed E-state index contributed by atoms with van der Waals surface area (Å²) in [4.78, 5) is 22.8. The first-order chi connectivity index (χ1) is 14.3. The van der Waals surface area contributed by atoms with Crippen LogP contribution >= 0.6 is 11.3 Å². The number of hydrogen-bond acceptors (Lipinski definition) is 6. The van der Waals surface area contributed by atoms with Crippen LogP contribution in [0.1, 0.15) is 15.9 Å². The van der Waals surface area contributed by atoms with Crippen LogP contribution in [0.4, 0.5) is 24.1 Å². The molecule has 0 saturated heterocycles. The number of pyridine rings is 1. The molecule has 1 amide bonds. The Morgan fingerprint density at radius 3 is 2.80 bits per heavy atom. The predicted octanol–water partition coefficient (Wildman–Crippen LogP) is 4.52. The molecule has 1 aliphatic heterocycles. The summed E-state index contributed by atoms with van der Waals surface area (Å²) < 4.78 is 43.7. The molecule has 2 aromatic heterocycles. The molecule has 4 rings (SSSR count). The molecule has 3 heterocycles. The molecule has 0 fully saturated rings. The molecule has 0 radical (unpaired) electrons. The minimum Gasteiger partial charge on any atom is -0.496 e. The van der Waals surface area contributed by atoms with E-state index >= 15 is 0 Å². The van der Waals surface area contributed by atoms with Gasteiger partial charge in [0.05, 0.1) is 17.6 Å². The van der Waals surface area contributed by atoms with Gasteiger partial charge in [0.2, 0.25) is 0 Å². The van der Waals surface area contributed by atoms with E-state index in [1.165, 1.54) is 18.4 Å². The van der Waals surface area contributed by atoms with Gasteiger partial charge in [-0.25, -0.2) is 9.97 Å². The topological polar surface area (TPSA) is 67.3 Å². The summed E-state index contributed by atoms with van der Waals surface area (Å²) in [5.74, 6) is 0.252. The molecule has 0 unspecified atom stereocenters. The van der Waals surface area contributed by atoms with Crippen LogP contribution in [-0.2, 0) is 6.42 Å². The molecule has 6 nitrogen and oxygen atoms in total. The standard InChI is InChI=1S/C20H17F3N4O2S/c1-29-14-9-13(15-10-25-19(30-15)26-16-4-2-3-6-24-16)8-12-5-7-27(11-20(21,22)23)18(28)17(12)14/h2-4,6,8-10H,5,7,11H2,1H3,(H,24,25,26). The van der Waals surface area contributed by atoms with Gasteiger partial charge >= 0.3 is 6.18 Å². The largest absolute Gasteiger partial charge is 0.496 e. The Kier molecular flexibility index (Phi) is 5.33. The molecule has 0 bridgehead atoms. The summed E-state index contributed by atoms with van der Waals surface area (Å²) in [6.07, 6.45) is -0.763. The minimum atomic E-state index is -4.44. The van der Waals surface area contributed by atoms with E-state index in [9.17, 15) is 18.0 Å². The molecular weight excluding hydrogens is 417 g/mol. The normalized spacial score (nSPS) is 13.9. The number of carbonyl (C=O) groups excluding carboxylic acids is 1. The fourth-order valence-corrected chi connectivity index (χ4v) is 4.12. The fraction of sp³-hybridized carbons (Fsp3) is 0.250. The van der Waals surface area contributed by atoms with E-state index in [2.05, 4.69) is 15.3 Å². The van der Waals surface area contributed by atoms with Gasteiger partial charge in [0.1, 0.15) is 18.1 Å². The van der Waals surface area contributed by atoms with Crippen LogP contribution in [0.15, 0.2) is 42.7 Å². The lowest BCUT2D eigenvalue weighted by Crippen LogP contribution is -2.43. The average Bonchev–Trinajstić information content (AvgIpc) is 3.17. The van der Waals surface area contributed by atoms with E-state index in [1.54, 1.807) is 18.5 Å². The van der Waals surface area contributed by atoms with Gasteiger partial charge in [-0.2, -0.15) is 13.2 Å². The SMILES string of the molecule is COc1cc(-c2cnc(Nc3ccccn3)s2)cc2c1C(=O)N(CC(F)(F)F)CC2. The van der Waals surface area contributed by atoms with Crippen LogP contribution in [0.2, 0.25) is 0 Å². The number of carbonyl (C=O) groups is 1. The highest BCUT2D eigenvalue weighted by atomic mass is 32.1. The molecule has 3 aromatic rings. The first-order valence-electron chi connectivity index (χ1n) is 9.05. The van der Waals surface area contributed by atoms with Crippen molar-refractivity contribution in [1.29, 1.82) is 0 Å². The first kappa shape index (κ1) is 20.1. The molecule has 0 aliphatic carbocycles. The van der Waals surface area contributed by atoms with E-state index in [1.807, 2.05) is 24.3 Å². The van der Waals surface area contributed by atoms with Crippen LogP contribution in [-0.4, -0.2) is 47.2 Å². The zero-order chi connectivity index (χ0) is 21.3. The third-order valence-corrected chi connectivity index (χ3v) is 5.58. The number of anilines is 2. The molecule has 1 N–H and O–H groups in total. The van der Waals surface area contributed by atoms with Crippen molar-refractivity contribution < 1.29 is 22.7 Å². The zero-order valence-electron chi connectivity index (χ0n) is 15.9. The summed E-state index contributed by atoms with van der Waals surface area (Å²) >= 11 is 1.40. The van der Waals surface area contributed by atoms with Crippen LogP contribution in [0, 0.1) is 0 Å². The van der Waals surface area contributed by atoms with Gasteiger partial charge in [0.15, 0.2) is 5.13 Å².